The van der Waals surface area contributed by atoms with Gasteiger partial charge in [0.25, 0.3) is 0 Å². The summed E-state index contributed by atoms with van der Waals surface area (Å²) in [5.41, 5.74) is 5.28. The number of rotatable bonds is 8. The van der Waals surface area contributed by atoms with E-state index in [2.05, 4.69) is 49.2 Å². The molecule has 148 valence electrons. The maximum absolute atomic E-state index is 5.49. The molecule has 0 bridgehead atoms. The van der Waals surface area contributed by atoms with Gasteiger partial charge in [0, 0.05) is 35.4 Å². The summed E-state index contributed by atoms with van der Waals surface area (Å²) in [5, 5.41) is 6.32. The van der Waals surface area contributed by atoms with Crippen LogP contribution in [0.5, 0.6) is 11.5 Å². The predicted molar refractivity (Wildman–Crippen MR) is 119 cm³/mol. The zero-order valence-corrected chi connectivity index (χ0v) is 17.9. The maximum Gasteiger partial charge on any atom is 0.187 e. The van der Waals surface area contributed by atoms with Gasteiger partial charge < -0.3 is 19.7 Å². The number of thiazole rings is 1. The number of anilines is 3. The Balaban J connectivity index is 1.84. The fraction of sp³-hybridized carbons (Fsp3) is 0.318. The molecule has 0 aliphatic heterocycles. The summed E-state index contributed by atoms with van der Waals surface area (Å²) >= 11 is 1.57. The second-order valence-corrected chi connectivity index (χ2v) is 7.26. The molecule has 0 unspecified atom stereocenters. The fourth-order valence-electron chi connectivity index (χ4n) is 3.16. The molecule has 0 aliphatic rings. The molecule has 3 rings (SSSR count). The normalized spacial score (nSPS) is 10.6. The van der Waals surface area contributed by atoms with E-state index in [0.29, 0.717) is 0 Å². The fourth-order valence-corrected chi connectivity index (χ4v) is 3.88. The highest BCUT2D eigenvalue weighted by Crippen LogP contribution is 2.36. The molecular weight excluding hydrogens is 370 g/mol. The molecule has 0 atom stereocenters. The summed E-state index contributed by atoms with van der Waals surface area (Å²) in [5.74, 6) is 1.55. The summed E-state index contributed by atoms with van der Waals surface area (Å²) in [6.45, 7) is 8.47. The molecule has 0 aliphatic carbocycles. The molecule has 3 aromatic rings. The molecule has 1 aromatic heterocycles. The summed E-state index contributed by atoms with van der Waals surface area (Å²) in [4.78, 5) is 7.09. The minimum Gasteiger partial charge on any atom is -0.497 e. The molecule has 6 heteroatoms. The molecule has 1 heterocycles. The molecule has 5 nitrogen and oxygen atoms in total. The van der Waals surface area contributed by atoms with Gasteiger partial charge in [0.15, 0.2) is 5.13 Å². The standard InChI is InChI=1S/C22H27N3O2S/c1-6-25(7-2)16-8-10-19(15(3)12-16)23-22-24-20(14-28-22)18-13-17(26-4)9-11-21(18)27-5/h8-14H,6-7H2,1-5H3,(H,23,24). The average Bonchev–Trinajstić information content (AvgIpc) is 3.18. The first-order chi connectivity index (χ1) is 13.6. The third kappa shape index (κ3) is 4.22. The number of nitrogens with zero attached hydrogens (tertiary/aromatic N) is 2. The largest absolute Gasteiger partial charge is 0.497 e. The Kier molecular flexibility index (Phi) is 6.41. The Bertz CT molecular complexity index is 935. The molecule has 0 saturated carbocycles. The average molecular weight is 398 g/mol. The number of aromatic nitrogens is 1. The van der Waals surface area contributed by atoms with Crippen molar-refractivity contribution in [2.24, 2.45) is 0 Å². The Morgan fingerprint density at radius 1 is 1.04 bits per heavy atom. The molecule has 28 heavy (non-hydrogen) atoms. The lowest BCUT2D eigenvalue weighted by Gasteiger charge is -2.22. The lowest BCUT2D eigenvalue weighted by molar-refractivity contribution is 0.404. The summed E-state index contributed by atoms with van der Waals surface area (Å²) in [7, 11) is 3.32. The van der Waals surface area contributed by atoms with Crippen molar-refractivity contribution in [2.45, 2.75) is 20.8 Å². The maximum atomic E-state index is 5.49. The molecule has 0 saturated heterocycles. The van der Waals surface area contributed by atoms with Gasteiger partial charge in [-0.2, -0.15) is 0 Å². The van der Waals surface area contributed by atoms with E-state index in [1.54, 1.807) is 25.6 Å². The highest BCUT2D eigenvalue weighted by Gasteiger charge is 2.13. The van der Waals surface area contributed by atoms with Crippen molar-refractivity contribution in [3.8, 4) is 22.8 Å². The van der Waals surface area contributed by atoms with E-state index < -0.39 is 0 Å². The van der Waals surface area contributed by atoms with Crippen molar-refractivity contribution < 1.29 is 9.47 Å². The highest BCUT2D eigenvalue weighted by atomic mass is 32.1. The lowest BCUT2D eigenvalue weighted by atomic mass is 10.1. The summed E-state index contributed by atoms with van der Waals surface area (Å²) in [6, 6.07) is 12.2. The highest BCUT2D eigenvalue weighted by molar-refractivity contribution is 7.14. The topological polar surface area (TPSA) is 46.6 Å². The quantitative estimate of drug-likeness (QED) is 0.526. The zero-order chi connectivity index (χ0) is 20.1. The van der Waals surface area contributed by atoms with Crippen LogP contribution in [-0.4, -0.2) is 32.3 Å². The summed E-state index contributed by atoms with van der Waals surface area (Å²) < 4.78 is 10.8. The van der Waals surface area contributed by atoms with E-state index in [1.165, 1.54) is 11.3 Å². The number of methoxy groups -OCH3 is 2. The molecule has 0 amide bonds. The van der Waals surface area contributed by atoms with Crippen LogP contribution in [0.3, 0.4) is 0 Å². The third-order valence-electron chi connectivity index (χ3n) is 4.77. The van der Waals surface area contributed by atoms with Gasteiger partial charge in [-0.25, -0.2) is 4.98 Å². The van der Waals surface area contributed by atoms with Crippen LogP contribution in [0.25, 0.3) is 11.3 Å². The molecule has 0 spiro atoms. The predicted octanol–water partition coefficient (Wildman–Crippen LogP) is 5.73. The summed E-state index contributed by atoms with van der Waals surface area (Å²) in [6.07, 6.45) is 0. The van der Waals surface area contributed by atoms with Gasteiger partial charge in [-0.05, 0) is 62.7 Å². The van der Waals surface area contributed by atoms with Crippen LogP contribution in [0.15, 0.2) is 41.8 Å². The van der Waals surface area contributed by atoms with E-state index in [9.17, 15) is 0 Å². The second-order valence-electron chi connectivity index (χ2n) is 6.40. The van der Waals surface area contributed by atoms with Crippen LogP contribution in [0, 0.1) is 6.92 Å². The third-order valence-corrected chi connectivity index (χ3v) is 5.52. The first-order valence-corrected chi connectivity index (χ1v) is 10.3. The van der Waals surface area contributed by atoms with E-state index in [-0.39, 0.29) is 0 Å². The van der Waals surface area contributed by atoms with Gasteiger partial charge in [-0.15, -0.1) is 11.3 Å². The number of ether oxygens (including phenoxy) is 2. The number of benzene rings is 2. The second kappa shape index (κ2) is 8.97. The molecular formula is C22H27N3O2S. The Hall–Kier alpha value is -2.73. The SMILES string of the molecule is CCN(CC)c1ccc(Nc2nc(-c3cc(OC)ccc3OC)cs2)c(C)c1. The molecule has 0 radical (unpaired) electrons. The van der Waals surface area contributed by atoms with Crippen molar-refractivity contribution in [1.29, 1.82) is 0 Å². The van der Waals surface area contributed by atoms with Gasteiger partial charge in [0.05, 0.1) is 19.9 Å². The van der Waals surface area contributed by atoms with Crippen molar-refractivity contribution in [3.63, 3.8) is 0 Å². The molecule has 0 fully saturated rings. The Morgan fingerprint density at radius 3 is 2.46 bits per heavy atom. The molecule has 1 N–H and O–H groups in total. The van der Waals surface area contributed by atoms with Gasteiger partial charge in [-0.1, -0.05) is 0 Å². The number of nitrogens with one attached hydrogen (secondary N) is 1. The van der Waals surface area contributed by atoms with Crippen LogP contribution in [0.1, 0.15) is 19.4 Å². The van der Waals surface area contributed by atoms with Gasteiger partial charge >= 0.3 is 0 Å². The van der Waals surface area contributed by atoms with Crippen LogP contribution in [0.2, 0.25) is 0 Å². The van der Waals surface area contributed by atoms with Crippen LogP contribution in [-0.2, 0) is 0 Å². The minimum atomic E-state index is 0.775. The van der Waals surface area contributed by atoms with E-state index in [1.807, 2.05) is 23.6 Å². The van der Waals surface area contributed by atoms with Crippen LogP contribution >= 0.6 is 11.3 Å². The van der Waals surface area contributed by atoms with Crippen LogP contribution in [0.4, 0.5) is 16.5 Å². The Morgan fingerprint density at radius 2 is 1.82 bits per heavy atom. The van der Waals surface area contributed by atoms with Gasteiger partial charge in [0.2, 0.25) is 0 Å². The van der Waals surface area contributed by atoms with E-state index >= 15 is 0 Å². The van der Waals surface area contributed by atoms with Crippen molar-refractivity contribution >= 4 is 27.8 Å². The zero-order valence-electron chi connectivity index (χ0n) is 17.1. The van der Waals surface area contributed by atoms with E-state index in [0.717, 1.165) is 46.7 Å². The monoisotopic (exact) mass is 397 g/mol. The Labute approximate surface area is 170 Å². The van der Waals surface area contributed by atoms with E-state index in [4.69, 9.17) is 14.5 Å². The number of hydrogen-bond donors (Lipinski definition) is 1. The van der Waals surface area contributed by atoms with Crippen molar-refractivity contribution in [1.82, 2.24) is 4.98 Å². The van der Waals surface area contributed by atoms with Crippen LogP contribution < -0.4 is 19.7 Å². The minimum absolute atomic E-state index is 0.775. The van der Waals surface area contributed by atoms with Gasteiger partial charge in [0.1, 0.15) is 11.5 Å². The van der Waals surface area contributed by atoms with Crippen molar-refractivity contribution in [2.75, 3.05) is 37.5 Å². The molecule has 2 aromatic carbocycles. The first kappa shape index (κ1) is 20.0. The van der Waals surface area contributed by atoms with Gasteiger partial charge in [-0.3, -0.25) is 0 Å². The lowest BCUT2D eigenvalue weighted by Crippen LogP contribution is -2.21. The smallest absolute Gasteiger partial charge is 0.187 e. The van der Waals surface area contributed by atoms with Crippen molar-refractivity contribution in [3.05, 3.63) is 47.3 Å². The number of aryl methyl sites for hydroxylation is 1. The number of hydrogen-bond acceptors (Lipinski definition) is 6. The first-order valence-electron chi connectivity index (χ1n) is 9.40.